The van der Waals surface area contributed by atoms with Crippen LogP contribution in [0.15, 0.2) is 11.4 Å². The van der Waals surface area contributed by atoms with Gasteiger partial charge in [-0.2, -0.15) is 0 Å². The van der Waals surface area contributed by atoms with Gasteiger partial charge in [0.1, 0.15) is 5.60 Å². The van der Waals surface area contributed by atoms with Crippen LogP contribution in [0.4, 0.5) is 0 Å². The van der Waals surface area contributed by atoms with Gasteiger partial charge < -0.3 is 9.84 Å². The molecule has 1 saturated carbocycles. The summed E-state index contributed by atoms with van der Waals surface area (Å²) in [6.45, 7) is 1.54. The van der Waals surface area contributed by atoms with Gasteiger partial charge in [0.25, 0.3) is 0 Å². The topological polar surface area (TPSA) is 29.5 Å². The Hall–Kier alpha value is -0.0900. The number of rotatable bonds is 1. The van der Waals surface area contributed by atoms with E-state index in [0.29, 0.717) is 0 Å². The van der Waals surface area contributed by atoms with E-state index in [1.54, 1.807) is 11.3 Å². The van der Waals surface area contributed by atoms with Crippen LogP contribution in [0.25, 0.3) is 0 Å². The van der Waals surface area contributed by atoms with Gasteiger partial charge in [0.05, 0.1) is 9.90 Å². The molecule has 1 spiro atoms. The zero-order chi connectivity index (χ0) is 11.9. The predicted octanol–water partition coefficient (Wildman–Crippen LogP) is 3.57. The predicted molar refractivity (Wildman–Crippen MR) is 69.6 cm³/mol. The molecule has 1 aliphatic heterocycles. The quantitative estimate of drug-likeness (QED) is 0.847. The molecule has 0 bridgehead atoms. The molecule has 0 aromatic carbocycles. The molecule has 3 rings (SSSR count). The average Bonchev–Trinajstić information content (AvgIpc) is 2.88. The molecule has 1 atom stereocenters. The highest BCUT2D eigenvalue weighted by Crippen LogP contribution is 2.59. The van der Waals surface area contributed by atoms with Crippen LogP contribution < -0.4 is 0 Å². The number of hydrogen-bond acceptors (Lipinski definition) is 3. The maximum atomic E-state index is 11.2. The summed E-state index contributed by atoms with van der Waals surface area (Å²) in [4.78, 5) is 0.971. The van der Waals surface area contributed by atoms with Crippen molar-refractivity contribution in [3.05, 3.63) is 21.3 Å². The van der Waals surface area contributed by atoms with E-state index in [-0.39, 0.29) is 5.41 Å². The lowest BCUT2D eigenvalue weighted by Crippen LogP contribution is -2.44. The van der Waals surface area contributed by atoms with E-state index >= 15 is 0 Å². The number of aliphatic hydroxyl groups is 1. The molecule has 2 fully saturated rings. The number of thiophene rings is 1. The third kappa shape index (κ3) is 1.67. The summed E-state index contributed by atoms with van der Waals surface area (Å²) < 4.78 is 5.46. The van der Waals surface area contributed by atoms with Crippen LogP contribution >= 0.6 is 22.9 Å². The van der Waals surface area contributed by atoms with Crippen LogP contribution in [0.2, 0.25) is 5.02 Å². The first-order valence-electron chi connectivity index (χ1n) is 6.22. The first-order valence-corrected chi connectivity index (χ1v) is 7.47. The van der Waals surface area contributed by atoms with E-state index in [1.165, 1.54) is 0 Å². The summed E-state index contributed by atoms with van der Waals surface area (Å²) in [5.74, 6) is 0. The summed E-state index contributed by atoms with van der Waals surface area (Å²) in [5.41, 5.74) is -0.720. The Kier molecular flexibility index (Phi) is 2.98. The maximum absolute atomic E-state index is 11.2. The molecule has 2 heterocycles. The number of halogens is 1. The standard InChI is InChI=1S/C13H17ClO2S/c14-10-2-9-17-11(10)13(15)4-1-3-12(13)5-7-16-8-6-12/h2,9,15H,1,3-8H2. The summed E-state index contributed by atoms with van der Waals surface area (Å²) in [7, 11) is 0. The highest BCUT2D eigenvalue weighted by Gasteiger charge is 2.56. The third-order valence-corrected chi connectivity index (χ3v) is 6.01. The number of ether oxygens (including phenoxy) is 1. The average molecular weight is 273 g/mol. The first kappa shape index (κ1) is 12.0. The second kappa shape index (κ2) is 4.23. The molecule has 2 nitrogen and oxygen atoms in total. The SMILES string of the molecule is OC1(c2sccc2Cl)CCCC12CCOCC2. The van der Waals surface area contributed by atoms with Crippen molar-refractivity contribution < 1.29 is 9.84 Å². The number of hydrogen-bond donors (Lipinski definition) is 1. The van der Waals surface area contributed by atoms with Gasteiger partial charge in [-0.3, -0.25) is 0 Å². The van der Waals surface area contributed by atoms with E-state index in [2.05, 4.69) is 0 Å². The Bertz CT molecular complexity index is 411. The Morgan fingerprint density at radius 3 is 2.65 bits per heavy atom. The van der Waals surface area contributed by atoms with Crippen molar-refractivity contribution >= 4 is 22.9 Å². The van der Waals surface area contributed by atoms with E-state index < -0.39 is 5.60 Å². The molecule has 0 radical (unpaired) electrons. The zero-order valence-electron chi connectivity index (χ0n) is 9.75. The van der Waals surface area contributed by atoms with Gasteiger partial charge in [0.15, 0.2) is 0 Å². The molecule has 1 aliphatic carbocycles. The van der Waals surface area contributed by atoms with Gasteiger partial charge in [0.2, 0.25) is 0 Å². The van der Waals surface area contributed by atoms with Crippen molar-refractivity contribution in [2.24, 2.45) is 5.41 Å². The van der Waals surface area contributed by atoms with Crippen molar-refractivity contribution in [1.29, 1.82) is 0 Å². The van der Waals surface area contributed by atoms with Gasteiger partial charge in [-0.05, 0) is 43.6 Å². The van der Waals surface area contributed by atoms with Crippen LogP contribution in [-0.2, 0) is 10.3 Å². The Balaban J connectivity index is 2.02. The highest BCUT2D eigenvalue weighted by molar-refractivity contribution is 7.10. The van der Waals surface area contributed by atoms with Gasteiger partial charge in [-0.1, -0.05) is 11.6 Å². The van der Waals surface area contributed by atoms with Gasteiger partial charge in [-0.25, -0.2) is 0 Å². The van der Waals surface area contributed by atoms with Gasteiger partial charge in [-0.15, -0.1) is 11.3 Å². The van der Waals surface area contributed by atoms with E-state index in [4.69, 9.17) is 16.3 Å². The molecular formula is C13H17ClO2S. The fraction of sp³-hybridized carbons (Fsp3) is 0.692. The summed E-state index contributed by atoms with van der Waals surface area (Å²) in [6.07, 6.45) is 4.94. The molecule has 0 amide bonds. The summed E-state index contributed by atoms with van der Waals surface area (Å²) in [6, 6.07) is 1.89. The van der Waals surface area contributed by atoms with Crippen molar-refractivity contribution in [1.82, 2.24) is 0 Å². The second-order valence-corrected chi connectivity index (χ2v) is 6.53. The van der Waals surface area contributed by atoms with Gasteiger partial charge in [0, 0.05) is 18.6 Å². The molecule has 94 valence electrons. The highest BCUT2D eigenvalue weighted by atomic mass is 35.5. The van der Waals surface area contributed by atoms with Crippen LogP contribution in [0.3, 0.4) is 0 Å². The van der Waals surface area contributed by atoms with Crippen LogP contribution in [0, 0.1) is 5.41 Å². The lowest BCUT2D eigenvalue weighted by atomic mass is 9.68. The van der Waals surface area contributed by atoms with Crippen molar-refractivity contribution in [3.8, 4) is 0 Å². The van der Waals surface area contributed by atoms with Crippen LogP contribution in [-0.4, -0.2) is 18.3 Å². The Labute approximate surface area is 111 Å². The van der Waals surface area contributed by atoms with Crippen molar-refractivity contribution in [3.63, 3.8) is 0 Å². The van der Waals surface area contributed by atoms with E-state index in [9.17, 15) is 5.11 Å². The second-order valence-electron chi connectivity index (χ2n) is 5.20. The van der Waals surface area contributed by atoms with E-state index in [0.717, 1.165) is 55.2 Å². The maximum Gasteiger partial charge on any atom is 0.106 e. The monoisotopic (exact) mass is 272 g/mol. The summed E-state index contributed by atoms with van der Waals surface area (Å²) >= 11 is 7.82. The molecule has 1 saturated heterocycles. The lowest BCUT2D eigenvalue weighted by molar-refractivity contribution is -0.117. The molecule has 1 aromatic heterocycles. The largest absolute Gasteiger partial charge is 0.384 e. The summed E-state index contributed by atoms with van der Waals surface area (Å²) in [5, 5.41) is 13.9. The molecule has 2 aliphatic rings. The fourth-order valence-corrected chi connectivity index (χ4v) is 4.99. The first-order chi connectivity index (χ1) is 8.18. The van der Waals surface area contributed by atoms with Crippen LogP contribution in [0.5, 0.6) is 0 Å². The molecular weight excluding hydrogens is 256 g/mol. The third-order valence-electron chi connectivity index (χ3n) is 4.51. The lowest BCUT2D eigenvalue weighted by Gasteiger charge is -2.44. The molecule has 1 N–H and O–H groups in total. The van der Waals surface area contributed by atoms with Gasteiger partial charge >= 0.3 is 0 Å². The minimum atomic E-state index is -0.720. The van der Waals surface area contributed by atoms with Crippen molar-refractivity contribution in [2.75, 3.05) is 13.2 Å². The Morgan fingerprint density at radius 1 is 1.24 bits per heavy atom. The minimum absolute atomic E-state index is 0.000255. The zero-order valence-corrected chi connectivity index (χ0v) is 11.3. The Morgan fingerprint density at radius 2 is 2.00 bits per heavy atom. The molecule has 1 unspecified atom stereocenters. The van der Waals surface area contributed by atoms with Crippen LogP contribution in [0.1, 0.15) is 37.0 Å². The normalized spacial score (nSPS) is 32.1. The molecule has 4 heteroatoms. The smallest absolute Gasteiger partial charge is 0.106 e. The van der Waals surface area contributed by atoms with E-state index in [1.807, 2.05) is 11.4 Å². The molecule has 17 heavy (non-hydrogen) atoms. The fourth-order valence-electron chi connectivity index (χ4n) is 3.52. The van der Waals surface area contributed by atoms with Crippen molar-refractivity contribution in [2.45, 2.75) is 37.7 Å². The minimum Gasteiger partial charge on any atom is -0.384 e. The molecule has 1 aromatic rings.